The fourth-order valence-corrected chi connectivity index (χ4v) is 4.34. The first-order valence-corrected chi connectivity index (χ1v) is 11.9. The summed E-state index contributed by atoms with van der Waals surface area (Å²) in [6.45, 7) is 0.721. The minimum absolute atomic E-state index is 0.198. The normalized spacial score (nSPS) is 14.1. The van der Waals surface area contributed by atoms with Crippen molar-refractivity contribution in [3.8, 4) is 23.0 Å². The first kappa shape index (κ1) is 26.6. The second-order valence-corrected chi connectivity index (χ2v) is 8.43. The van der Waals surface area contributed by atoms with Crippen LogP contribution in [-0.2, 0) is 4.74 Å². The molecule has 0 aromatic heterocycles. The standard InChI is InChI=1S/C28H31N3O7/c1-34-13-12-31-26(29-18-7-10-22(35-2)24(15-18)37-4)20-9-6-17(14-21(20)28(31)33)27(32)30-19-8-11-23(36-3)25(16-19)38-5/h6-11,14-16,26,29H,12-13H2,1-5H3,(H,30,32)/t26-/m0/s1. The Kier molecular flexibility index (Phi) is 8.22. The van der Waals surface area contributed by atoms with Gasteiger partial charge in [0.05, 0.1) is 35.0 Å². The summed E-state index contributed by atoms with van der Waals surface area (Å²) in [5.74, 6) is 1.66. The lowest BCUT2D eigenvalue weighted by Crippen LogP contribution is -2.35. The number of anilines is 2. The number of methoxy groups -OCH3 is 5. The van der Waals surface area contributed by atoms with Gasteiger partial charge in [-0.3, -0.25) is 9.59 Å². The summed E-state index contributed by atoms with van der Waals surface area (Å²) in [7, 11) is 7.79. The SMILES string of the molecule is COCCN1C(=O)c2cc(C(=O)Nc3ccc(OC)c(OC)c3)ccc2[C@H]1Nc1ccc(OC)c(OC)c1. The summed E-state index contributed by atoms with van der Waals surface area (Å²) in [5.41, 5.74) is 2.83. The first-order chi connectivity index (χ1) is 18.4. The summed E-state index contributed by atoms with van der Waals surface area (Å²) in [6.07, 6.45) is -0.464. The number of fused-ring (bicyclic) bond motifs is 1. The van der Waals surface area contributed by atoms with Crippen LogP contribution in [0.4, 0.5) is 11.4 Å². The largest absolute Gasteiger partial charge is 0.493 e. The maximum Gasteiger partial charge on any atom is 0.256 e. The molecule has 10 nitrogen and oxygen atoms in total. The van der Waals surface area contributed by atoms with Crippen molar-refractivity contribution in [3.05, 3.63) is 71.3 Å². The third-order valence-corrected chi connectivity index (χ3v) is 6.28. The van der Waals surface area contributed by atoms with Crippen molar-refractivity contribution < 1.29 is 33.3 Å². The number of benzene rings is 3. The molecule has 3 aromatic carbocycles. The molecule has 0 saturated carbocycles. The molecule has 3 aromatic rings. The summed E-state index contributed by atoms with van der Waals surface area (Å²) in [6, 6.07) is 15.7. The van der Waals surface area contributed by atoms with Crippen LogP contribution in [-0.4, -0.2) is 65.4 Å². The third kappa shape index (κ3) is 5.30. The Morgan fingerprint density at radius 1 is 0.789 bits per heavy atom. The van der Waals surface area contributed by atoms with Crippen LogP contribution in [0.2, 0.25) is 0 Å². The quantitative estimate of drug-likeness (QED) is 0.387. The van der Waals surface area contributed by atoms with E-state index < -0.39 is 6.17 Å². The number of nitrogens with zero attached hydrogens (tertiary/aromatic N) is 1. The molecule has 1 aliphatic rings. The molecule has 2 amide bonds. The van der Waals surface area contributed by atoms with E-state index in [1.807, 2.05) is 6.07 Å². The Bertz CT molecular complexity index is 1330. The number of rotatable bonds is 11. The van der Waals surface area contributed by atoms with E-state index in [1.54, 1.807) is 81.9 Å². The molecule has 2 N–H and O–H groups in total. The van der Waals surface area contributed by atoms with Crippen molar-refractivity contribution in [2.24, 2.45) is 0 Å². The fraction of sp³-hybridized carbons (Fsp3) is 0.286. The summed E-state index contributed by atoms with van der Waals surface area (Å²) < 4.78 is 26.5. The van der Waals surface area contributed by atoms with E-state index in [1.165, 1.54) is 7.11 Å². The van der Waals surface area contributed by atoms with Crippen LogP contribution in [0.1, 0.15) is 32.4 Å². The minimum Gasteiger partial charge on any atom is -0.493 e. The van der Waals surface area contributed by atoms with Crippen molar-refractivity contribution in [1.29, 1.82) is 0 Å². The Morgan fingerprint density at radius 2 is 1.39 bits per heavy atom. The number of ether oxygens (including phenoxy) is 5. The molecule has 0 radical (unpaired) electrons. The number of carbonyl (C=O) groups is 2. The number of nitrogens with one attached hydrogen (secondary N) is 2. The molecule has 4 rings (SSSR count). The molecule has 0 aliphatic carbocycles. The van der Waals surface area contributed by atoms with E-state index in [2.05, 4.69) is 10.6 Å². The van der Waals surface area contributed by atoms with Crippen LogP contribution in [0.25, 0.3) is 0 Å². The average molecular weight is 522 g/mol. The van der Waals surface area contributed by atoms with Crippen molar-refractivity contribution in [2.75, 3.05) is 59.3 Å². The van der Waals surface area contributed by atoms with Gasteiger partial charge in [-0.1, -0.05) is 6.07 Å². The fourth-order valence-electron chi connectivity index (χ4n) is 4.34. The van der Waals surface area contributed by atoms with Gasteiger partial charge in [-0.2, -0.15) is 0 Å². The molecule has 38 heavy (non-hydrogen) atoms. The highest BCUT2D eigenvalue weighted by atomic mass is 16.5. The topological polar surface area (TPSA) is 108 Å². The number of carbonyl (C=O) groups excluding carboxylic acids is 2. The number of hydrogen-bond donors (Lipinski definition) is 2. The van der Waals surface area contributed by atoms with Gasteiger partial charge in [-0.05, 0) is 36.4 Å². The molecule has 10 heteroatoms. The molecular weight excluding hydrogens is 490 g/mol. The van der Waals surface area contributed by atoms with Gasteiger partial charge in [0.15, 0.2) is 23.0 Å². The second-order valence-electron chi connectivity index (χ2n) is 8.43. The predicted octanol–water partition coefficient (Wildman–Crippen LogP) is 4.19. The number of amides is 2. The molecule has 0 saturated heterocycles. The van der Waals surface area contributed by atoms with Gasteiger partial charge in [0, 0.05) is 53.9 Å². The highest BCUT2D eigenvalue weighted by Crippen LogP contribution is 2.37. The van der Waals surface area contributed by atoms with Crippen molar-refractivity contribution in [1.82, 2.24) is 4.90 Å². The zero-order valence-corrected chi connectivity index (χ0v) is 22.0. The van der Waals surface area contributed by atoms with Crippen LogP contribution in [0.5, 0.6) is 23.0 Å². The van der Waals surface area contributed by atoms with Gasteiger partial charge >= 0.3 is 0 Å². The molecule has 0 fully saturated rings. The lowest BCUT2D eigenvalue weighted by molar-refractivity contribution is 0.0674. The Labute approximate surface area is 221 Å². The zero-order valence-electron chi connectivity index (χ0n) is 22.0. The van der Waals surface area contributed by atoms with Gasteiger partial charge in [0.2, 0.25) is 0 Å². The summed E-state index contributed by atoms with van der Waals surface area (Å²) in [5, 5.41) is 6.26. The molecule has 0 bridgehead atoms. The van der Waals surface area contributed by atoms with E-state index in [0.717, 1.165) is 11.3 Å². The van der Waals surface area contributed by atoms with Crippen LogP contribution in [0.3, 0.4) is 0 Å². The Balaban J connectivity index is 1.61. The Morgan fingerprint density at radius 3 is 2.00 bits per heavy atom. The predicted molar refractivity (Wildman–Crippen MR) is 143 cm³/mol. The second kappa shape index (κ2) is 11.7. The van der Waals surface area contributed by atoms with E-state index in [9.17, 15) is 9.59 Å². The molecule has 1 atom stereocenters. The van der Waals surface area contributed by atoms with Crippen LogP contribution in [0, 0.1) is 0 Å². The maximum atomic E-state index is 13.4. The Hall–Kier alpha value is -4.44. The monoisotopic (exact) mass is 521 g/mol. The van der Waals surface area contributed by atoms with Crippen LogP contribution >= 0.6 is 0 Å². The third-order valence-electron chi connectivity index (χ3n) is 6.28. The van der Waals surface area contributed by atoms with Gasteiger partial charge in [-0.15, -0.1) is 0 Å². The number of hydrogen-bond acceptors (Lipinski definition) is 8. The van der Waals surface area contributed by atoms with Crippen LogP contribution in [0.15, 0.2) is 54.6 Å². The molecule has 1 aliphatic heterocycles. The molecule has 0 spiro atoms. The first-order valence-electron chi connectivity index (χ1n) is 11.9. The summed E-state index contributed by atoms with van der Waals surface area (Å²) in [4.78, 5) is 28.2. The minimum atomic E-state index is -0.464. The smallest absolute Gasteiger partial charge is 0.256 e. The van der Waals surface area contributed by atoms with Crippen molar-refractivity contribution in [2.45, 2.75) is 6.17 Å². The van der Waals surface area contributed by atoms with Gasteiger partial charge in [0.1, 0.15) is 6.17 Å². The average Bonchev–Trinajstić information content (AvgIpc) is 3.21. The summed E-state index contributed by atoms with van der Waals surface area (Å²) >= 11 is 0. The lowest BCUT2D eigenvalue weighted by Gasteiger charge is -2.27. The van der Waals surface area contributed by atoms with E-state index in [0.29, 0.717) is 53.0 Å². The van der Waals surface area contributed by atoms with E-state index >= 15 is 0 Å². The van der Waals surface area contributed by atoms with Crippen molar-refractivity contribution >= 4 is 23.2 Å². The van der Waals surface area contributed by atoms with Crippen LogP contribution < -0.4 is 29.6 Å². The van der Waals surface area contributed by atoms with E-state index in [-0.39, 0.29) is 11.8 Å². The molecule has 1 heterocycles. The molecular formula is C28H31N3O7. The highest BCUT2D eigenvalue weighted by molar-refractivity contribution is 6.07. The lowest BCUT2D eigenvalue weighted by atomic mass is 10.0. The maximum absolute atomic E-state index is 13.4. The highest BCUT2D eigenvalue weighted by Gasteiger charge is 2.37. The van der Waals surface area contributed by atoms with Gasteiger partial charge in [0.25, 0.3) is 11.8 Å². The van der Waals surface area contributed by atoms with Gasteiger partial charge in [-0.25, -0.2) is 0 Å². The van der Waals surface area contributed by atoms with Crippen molar-refractivity contribution in [3.63, 3.8) is 0 Å². The zero-order chi connectivity index (χ0) is 27.2. The van der Waals surface area contributed by atoms with Gasteiger partial charge < -0.3 is 39.2 Å². The molecule has 0 unspecified atom stereocenters. The van der Waals surface area contributed by atoms with E-state index in [4.69, 9.17) is 23.7 Å². The molecule has 200 valence electrons.